The number of hydrogen-bond acceptors (Lipinski definition) is 2. The third-order valence-corrected chi connectivity index (χ3v) is 2.89. The third kappa shape index (κ3) is 3.32. The van der Waals surface area contributed by atoms with Gasteiger partial charge < -0.3 is 10.8 Å². The number of nitrogens with two attached hydrogens (primary N) is 1. The molecule has 16 heavy (non-hydrogen) atoms. The van der Waals surface area contributed by atoms with Gasteiger partial charge in [-0.15, -0.1) is 12.4 Å². The van der Waals surface area contributed by atoms with Gasteiger partial charge in [0, 0.05) is 23.1 Å². The second-order valence-electron chi connectivity index (χ2n) is 4.29. The SMILES string of the molecule is CC(C)(CO)[C@H](N)c1cc(F)ccc1Cl.Cl. The van der Waals surface area contributed by atoms with Crippen LogP contribution in [0.1, 0.15) is 25.5 Å². The normalized spacial score (nSPS) is 13.1. The van der Waals surface area contributed by atoms with Crippen molar-refractivity contribution in [3.63, 3.8) is 0 Å². The van der Waals surface area contributed by atoms with Crippen molar-refractivity contribution < 1.29 is 9.50 Å². The number of aliphatic hydroxyl groups excluding tert-OH is 1. The van der Waals surface area contributed by atoms with Crippen LogP contribution in [0.25, 0.3) is 0 Å². The average molecular weight is 268 g/mol. The number of hydrogen-bond donors (Lipinski definition) is 2. The molecule has 0 aromatic heterocycles. The van der Waals surface area contributed by atoms with E-state index < -0.39 is 11.5 Å². The molecule has 3 N–H and O–H groups in total. The monoisotopic (exact) mass is 267 g/mol. The summed E-state index contributed by atoms with van der Waals surface area (Å²) >= 11 is 5.93. The van der Waals surface area contributed by atoms with Crippen molar-refractivity contribution in [1.29, 1.82) is 0 Å². The van der Waals surface area contributed by atoms with Crippen molar-refractivity contribution in [2.45, 2.75) is 19.9 Å². The van der Waals surface area contributed by atoms with Gasteiger partial charge in [-0.1, -0.05) is 25.4 Å². The Labute approximate surface area is 106 Å². The first-order chi connectivity index (χ1) is 6.88. The van der Waals surface area contributed by atoms with Gasteiger partial charge in [0.1, 0.15) is 5.82 Å². The zero-order valence-electron chi connectivity index (χ0n) is 9.21. The maximum Gasteiger partial charge on any atom is 0.123 e. The topological polar surface area (TPSA) is 46.2 Å². The van der Waals surface area contributed by atoms with E-state index in [0.29, 0.717) is 10.6 Å². The molecule has 0 saturated heterocycles. The Morgan fingerprint density at radius 2 is 2.06 bits per heavy atom. The van der Waals surface area contributed by atoms with Gasteiger partial charge in [0.2, 0.25) is 0 Å². The highest BCUT2D eigenvalue weighted by atomic mass is 35.5. The van der Waals surface area contributed by atoms with E-state index in [1.165, 1.54) is 18.2 Å². The summed E-state index contributed by atoms with van der Waals surface area (Å²) in [7, 11) is 0. The Morgan fingerprint density at radius 1 is 1.50 bits per heavy atom. The summed E-state index contributed by atoms with van der Waals surface area (Å²) in [6.45, 7) is 3.53. The fourth-order valence-electron chi connectivity index (χ4n) is 1.27. The Kier molecular flexibility index (Phi) is 5.70. The molecule has 0 fully saturated rings. The van der Waals surface area contributed by atoms with Crippen LogP contribution in [-0.2, 0) is 0 Å². The standard InChI is InChI=1S/C11H15ClFNO.ClH/c1-11(2,6-15)10(14)8-5-7(13)3-4-9(8)12;/h3-5,10,15H,6,14H2,1-2H3;1H/t10-;/m1./s1. The van der Waals surface area contributed by atoms with E-state index in [-0.39, 0.29) is 24.8 Å². The minimum absolute atomic E-state index is 0. The molecule has 0 heterocycles. The molecular formula is C11H16Cl2FNO. The van der Waals surface area contributed by atoms with Gasteiger partial charge in [0.15, 0.2) is 0 Å². The molecule has 0 spiro atoms. The van der Waals surface area contributed by atoms with Crippen molar-refractivity contribution in [2.24, 2.45) is 11.1 Å². The summed E-state index contributed by atoms with van der Waals surface area (Å²) in [5.74, 6) is -0.376. The van der Waals surface area contributed by atoms with Crippen molar-refractivity contribution in [3.8, 4) is 0 Å². The Hall–Kier alpha value is -0.350. The van der Waals surface area contributed by atoms with Crippen LogP contribution in [0.3, 0.4) is 0 Å². The fourth-order valence-corrected chi connectivity index (χ4v) is 1.51. The van der Waals surface area contributed by atoms with E-state index in [2.05, 4.69) is 0 Å². The zero-order valence-corrected chi connectivity index (χ0v) is 10.8. The third-order valence-electron chi connectivity index (χ3n) is 2.54. The van der Waals surface area contributed by atoms with Crippen LogP contribution in [0.4, 0.5) is 4.39 Å². The van der Waals surface area contributed by atoms with E-state index in [1.807, 2.05) is 0 Å². The van der Waals surface area contributed by atoms with Crippen LogP contribution in [0.15, 0.2) is 18.2 Å². The quantitative estimate of drug-likeness (QED) is 0.885. The molecule has 5 heteroatoms. The van der Waals surface area contributed by atoms with Crippen LogP contribution in [0.5, 0.6) is 0 Å². The van der Waals surface area contributed by atoms with E-state index in [4.69, 9.17) is 22.4 Å². The molecular weight excluding hydrogens is 252 g/mol. The van der Waals surface area contributed by atoms with E-state index in [9.17, 15) is 4.39 Å². The largest absolute Gasteiger partial charge is 0.396 e. The molecule has 92 valence electrons. The minimum Gasteiger partial charge on any atom is -0.396 e. The Bertz CT molecular complexity index is 358. The van der Waals surface area contributed by atoms with Crippen LogP contribution >= 0.6 is 24.0 Å². The molecule has 1 rings (SSSR count). The zero-order chi connectivity index (χ0) is 11.6. The first-order valence-electron chi connectivity index (χ1n) is 4.70. The van der Waals surface area contributed by atoms with Gasteiger partial charge in [0.05, 0.1) is 0 Å². The minimum atomic E-state index is -0.530. The lowest BCUT2D eigenvalue weighted by Gasteiger charge is -2.30. The molecule has 0 radical (unpaired) electrons. The Morgan fingerprint density at radius 3 is 2.56 bits per heavy atom. The predicted octanol–water partition coefficient (Wildman–Crippen LogP) is 2.92. The van der Waals surface area contributed by atoms with Gasteiger partial charge in [0.25, 0.3) is 0 Å². The molecule has 0 saturated carbocycles. The summed E-state index contributed by atoms with van der Waals surface area (Å²) in [5, 5.41) is 9.59. The summed E-state index contributed by atoms with van der Waals surface area (Å²) in [5.41, 5.74) is 5.94. The van der Waals surface area contributed by atoms with Crippen LogP contribution in [0, 0.1) is 11.2 Å². The second-order valence-corrected chi connectivity index (χ2v) is 4.70. The molecule has 0 amide bonds. The maximum absolute atomic E-state index is 13.0. The fraction of sp³-hybridized carbons (Fsp3) is 0.455. The van der Waals surface area contributed by atoms with E-state index >= 15 is 0 Å². The highest BCUT2D eigenvalue weighted by Gasteiger charge is 2.28. The summed E-state index contributed by atoms with van der Waals surface area (Å²) in [6.07, 6.45) is 0. The Balaban J connectivity index is 0.00000225. The maximum atomic E-state index is 13.0. The molecule has 0 aliphatic carbocycles. The summed E-state index contributed by atoms with van der Waals surface area (Å²) < 4.78 is 13.0. The van der Waals surface area contributed by atoms with Crippen molar-refractivity contribution in [3.05, 3.63) is 34.6 Å². The smallest absolute Gasteiger partial charge is 0.123 e. The van der Waals surface area contributed by atoms with Gasteiger partial charge in [-0.25, -0.2) is 4.39 Å². The number of halogens is 3. The molecule has 1 aromatic rings. The number of aliphatic hydroxyl groups is 1. The molecule has 0 unspecified atom stereocenters. The first-order valence-corrected chi connectivity index (χ1v) is 5.07. The molecule has 1 atom stereocenters. The van der Waals surface area contributed by atoms with Gasteiger partial charge in [-0.3, -0.25) is 0 Å². The second kappa shape index (κ2) is 5.82. The highest BCUT2D eigenvalue weighted by Crippen LogP contribution is 2.34. The number of benzene rings is 1. The lowest BCUT2D eigenvalue weighted by molar-refractivity contribution is 0.132. The lowest BCUT2D eigenvalue weighted by atomic mass is 9.82. The molecule has 1 aromatic carbocycles. The van der Waals surface area contributed by atoms with Crippen LogP contribution < -0.4 is 5.73 Å². The van der Waals surface area contributed by atoms with Crippen LogP contribution in [-0.4, -0.2) is 11.7 Å². The highest BCUT2D eigenvalue weighted by molar-refractivity contribution is 6.31. The van der Waals surface area contributed by atoms with Crippen LogP contribution in [0.2, 0.25) is 5.02 Å². The van der Waals surface area contributed by atoms with Gasteiger partial charge in [-0.2, -0.15) is 0 Å². The lowest BCUT2D eigenvalue weighted by Crippen LogP contribution is -2.32. The predicted molar refractivity (Wildman–Crippen MR) is 66.5 cm³/mol. The molecule has 2 nitrogen and oxygen atoms in total. The van der Waals surface area contributed by atoms with Crippen molar-refractivity contribution >= 4 is 24.0 Å². The summed E-state index contributed by atoms with van der Waals surface area (Å²) in [6, 6.07) is 3.57. The number of rotatable bonds is 3. The van der Waals surface area contributed by atoms with Crippen molar-refractivity contribution in [2.75, 3.05) is 6.61 Å². The van der Waals surface area contributed by atoms with Crippen molar-refractivity contribution in [1.82, 2.24) is 0 Å². The molecule has 0 aliphatic heterocycles. The van der Waals surface area contributed by atoms with E-state index in [0.717, 1.165) is 0 Å². The molecule has 0 bridgehead atoms. The first kappa shape index (κ1) is 15.7. The van der Waals surface area contributed by atoms with Gasteiger partial charge >= 0.3 is 0 Å². The summed E-state index contributed by atoms with van der Waals surface area (Å²) in [4.78, 5) is 0. The molecule has 0 aliphatic rings. The van der Waals surface area contributed by atoms with E-state index in [1.54, 1.807) is 13.8 Å². The van der Waals surface area contributed by atoms with Gasteiger partial charge in [-0.05, 0) is 23.8 Å². The average Bonchev–Trinajstić information content (AvgIpc) is 2.20.